The maximum atomic E-state index is 13.4. The molecule has 2 heteroatoms. The van der Waals surface area contributed by atoms with Gasteiger partial charge in [0.1, 0.15) is 0 Å². The summed E-state index contributed by atoms with van der Waals surface area (Å²) in [6, 6.07) is 14.8. The minimum atomic E-state index is -0.345. The average molecular weight is 228 g/mol. The van der Waals surface area contributed by atoms with Crippen LogP contribution in [0.25, 0.3) is 12.2 Å². The Morgan fingerprint density at radius 2 is 1.65 bits per heavy atom. The smallest absolute Gasteiger partial charge is 0.165 e. The number of methoxy groups -OCH3 is 1. The Balaban J connectivity index is 2.19. The van der Waals surface area contributed by atoms with E-state index in [4.69, 9.17) is 4.74 Å². The highest BCUT2D eigenvalue weighted by Gasteiger charge is 2.00. The average Bonchev–Trinajstić information content (AvgIpc) is 2.38. The molecule has 0 N–H and O–H groups in total. The van der Waals surface area contributed by atoms with E-state index in [0.29, 0.717) is 0 Å². The zero-order valence-electron chi connectivity index (χ0n) is 9.56. The first-order valence-electron chi connectivity index (χ1n) is 5.36. The highest BCUT2D eigenvalue weighted by Crippen LogP contribution is 2.19. The molecule has 0 radical (unpaired) electrons. The zero-order chi connectivity index (χ0) is 12.1. The van der Waals surface area contributed by atoms with Crippen LogP contribution in [-0.4, -0.2) is 7.11 Å². The molecule has 0 aliphatic heterocycles. The van der Waals surface area contributed by atoms with Gasteiger partial charge in [0.25, 0.3) is 0 Å². The number of rotatable bonds is 3. The molecule has 2 aromatic rings. The van der Waals surface area contributed by atoms with E-state index in [1.54, 1.807) is 6.07 Å². The lowest BCUT2D eigenvalue weighted by atomic mass is 10.1. The predicted octanol–water partition coefficient (Wildman–Crippen LogP) is 4.00. The fraction of sp³-hybridized carbons (Fsp3) is 0.0667. The molecular weight excluding hydrogens is 215 g/mol. The minimum absolute atomic E-state index is 0.266. The van der Waals surface area contributed by atoms with Gasteiger partial charge in [-0.15, -0.1) is 0 Å². The van der Waals surface area contributed by atoms with Crippen molar-refractivity contribution in [2.45, 2.75) is 0 Å². The first kappa shape index (κ1) is 11.4. The van der Waals surface area contributed by atoms with Crippen LogP contribution in [-0.2, 0) is 0 Å². The molecule has 0 spiro atoms. The highest BCUT2D eigenvalue weighted by atomic mass is 19.1. The second-order valence-corrected chi connectivity index (χ2v) is 3.64. The summed E-state index contributed by atoms with van der Waals surface area (Å²) >= 11 is 0. The molecule has 0 saturated heterocycles. The molecule has 2 rings (SSSR count). The summed E-state index contributed by atoms with van der Waals surface area (Å²) in [5.41, 5.74) is 1.90. The predicted molar refractivity (Wildman–Crippen MR) is 68.3 cm³/mol. The molecular formula is C15H13FO. The molecule has 1 nitrogen and oxygen atoms in total. The largest absolute Gasteiger partial charge is 0.494 e. The van der Waals surface area contributed by atoms with Crippen molar-refractivity contribution in [3.8, 4) is 5.75 Å². The lowest BCUT2D eigenvalue weighted by Gasteiger charge is -2.01. The third-order valence-corrected chi connectivity index (χ3v) is 2.44. The van der Waals surface area contributed by atoms with Gasteiger partial charge in [0.15, 0.2) is 11.6 Å². The van der Waals surface area contributed by atoms with Gasteiger partial charge in [0.2, 0.25) is 0 Å². The Morgan fingerprint density at radius 3 is 2.29 bits per heavy atom. The van der Waals surface area contributed by atoms with Crippen LogP contribution in [0.2, 0.25) is 0 Å². The van der Waals surface area contributed by atoms with E-state index in [0.717, 1.165) is 11.1 Å². The third-order valence-electron chi connectivity index (χ3n) is 2.44. The molecule has 0 amide bonds. The van der Waals surface area contributed by atoms with Crippen LogP contribution in [0.5, 0.6) is 5.75 Å². The number of halogens is 1. The maximum Gasteiger partial charge on any atom is 0.165 e. The summed E-state index contributed by atoms with van der Waals surface area (Å²) in [6.45, 7) is 0. The molecule has 0 aliphatic rings. The molecule has 0 aromatic heterocycles. The van der Waals surface area contributed by atoms with Gasteiger partial charge in [-0.2, -0.15) is 0 Å². The number of hydrogen-bond donors (Lipinski definition) is 0. The Bertz CT molecular complexity index is 518. The van der Waals surface area contributed by atoms with Crippen LogP contribution in [0.1, 0.15) is 11.1 Å². The lowest BCUT2D eigenvalue weighted by molar-refractivity contribution is 0.386. The number of ether oxygens (including phenoxy) is 1. The van der Waals surface area contributed by atoms with Gasteiger partial charge < -0.3 is 4.74 Å². The molecule has 0 heterocycles. The number of benzene rings is 2. The summed E-state index contributed by atoms with van der Waals surface area (Å²) in [6.07, 6.45) is 3.82. The van der Waals surface area contributed by atoms with Crippen LogP contribution < -0.4 is 4.74 Å². The quantitative estimate of drug-likeness (QED) is 0.721. The van der Waals surface area contributed by atoms with Crippen molar-refractivity contribution in [2.24, 2.45) is 0 Å². The molecule has 0 unspecified atom stereocenters. The lowest BCUT2D eigenvalue weighted by Crippen LogP contribution is -1.87. The van der Waals surface area contributed by atoms with Gasteiger partial charge in [-0.1, -0.05) is 48.6 Å². The Morgan fingerprint density at radius 1 is 0.941 bits per heavy atom. The fourth-order valence-corrected chi connectivity index (χ4v) is 1.54. The summed E-state index contributed by atoms with van der Waals surface area (Å²) in [5, 5.41) is 0. The number of hydrogen-bond acceptors (Lipinski definition) is 1. The standard InChI is InChI=1S/C15H13FO/c1-17-15-10-9-13(11-14(15)16)8-7-12-5-3-2-4-6-12/h2-11H,1H3/b8-7+. The van der Waals surface area contributed by atoms with Crippen LogP contribution >= 0.6 is 0 Å². The van der Waals surface area contributed by atoms with E-state index in [-0.39, 0.29) is 11.6 Å². The first-order chi connectivity index (χ1) is 8.29. The molecule has 17 heavy (non-hydrogen) atoms. The van der Waals surface area contributed by atoms with E-state index >= 15 is 0 Å². The first-order valence-corrected chi connectivity index (χ1v) is 5.36. The fourth-order valence-electron chi connectivity index (χ4n) is 1.54. The van der Waals surface area contributed by atoms with Gasteiger partial charge in [0, 0.05) is 0 Å². The summed E-state index contributed by atoms with van der Waals surface area (Å²) in [5.74, 6) is -0.0791. The van der Waals surface area contributed by atoms with Crippen LogP contribution in [0.4, 0.5) is 4.39 Å². The third kappa shape index (κ3) is 2.94. The second-order valence-electron chi connectivity index (χ2n) is 3.64. The van der Waals surface area contributed by atoms with Crippen molar-refractivity contribution in [1.29, 1.82) is 0 Å². The van der Waals surface area contributed by atoms with E-state index in [1.165, 1.54) is 13.2 Å². The van der Waals surface area contributed by atoms with Gasteiger partial charge in [0.05, 0.1) is 7.11 Å². The molecule has 86 valence electrons. The topological polar surface area (TPSA) is 9.23 Å². The van der Waals surface area contributed by atoms with E-state index in [1.807, 2.05) is 48.6 Å². The molecule has 2 aromatic carbocycles. The van der Waals surface area contributed by atoms with Crippen molar-refractivity contribution >= 4 is 12.2 Å². The second kappa shape index (κ2) is 5.30. The SMILES string of the molecule is COc1ccc(/C=C/c2ccccc2)cc1F. The zero-order valence-corrected chi connectivity index (χ0v) is 9.56. The normalized spacial score (nSPS) is 10.7. The molecule has 0 saturated carbocycles. The minimum Gasteiger partial charge on any atom is -0.494 e. The molecule has 0 bridgehead atoms. The van der Waals surface area contributed by atoms with E-state index < -0.39 is 0 Å². The van der Waals surface area contributed by atoms with Gasteiger partial charge in [-0.3, -0.25) is 0 Å². The van der Waals surface area contributed by atoms with Crippen molar-refractivity contribution < 1.29 is 9.13 Å². The Hall–Kier alpha value is -2.09. The maximum absolute atomic E-state index is 13.4. The highest BCUT2D eigenvalue weighted by molar-refractivity contribution is 5.69. The molecule has 0 fully saturated rings. The monoisotopic (exact) mass is 228 g/mol. The van der Waals surface area contributed by atoms with Gasteiger partial charge in [-0.25, -0.2) is 4.39 Å². The van der Waals surface area contributed by atoms with Crippen LogP contribution in [0, 0.1) is 5.82 Å². The molecule has 0 atom stereocenters. The summed E-state index contributed by atoms with van der Waals surface area (Å²) in [4.78, 5) is 0. The van der Waals surface area contributed by atoms with Crippen LogP contribution in [0.3, 0.4) is 0 Å². The summed E-state index contributed by atoms with van der Waals surface area (Å²) < 4.78 is 18.3. The van der Waals surface area contributed by atoms with Crippen molar-refractivity contribution in [3.05, 3.63) is 65.5 Å². The van der Waals surface area contributed by atoms with Gasteiger partial charge >= 0.3 is 0 Å². The Kier molecular flexibility index (Phi) is 3.55. The summed E-state index contributed by atoms with van der Waals surface area (Å²) in [7, 11) is 1.46. The van der Waals surface area contributed by atoms with Crippen molar-refractivity contribution in [3.63, 3.8) is 0 Å². The van der Waals surface area contributed by atoms with Crippen molar-refractivity contribution in [1.82, 2.24) is 0 Å². The van der Waals surface area contributed by atoms with Crippen LogP contribution in [0.15, 0.2) is 48.5 Å². The van der Waals surface area contributed by atoms with Gasteiger partial charge in [-0.05, 0) is 23.3 Å². The van der Waals surface area contributed by atoms with Crippen molar-refractivity contribution in [2.75, 3.05) is 7.11 Å². The van der Waals surface area contributed by atoms with E-state index in [2.05, 4.69) is 0 Å². The molecule has 0 aliphatic carbocycles. The Labute approximate surface area is 100 Å². The van der Waals surface area contributed by atoms with E-state index in [9.17, 15) is 4.39 Å².